The van der Waals surface area contributed by atoms with Crippen molar-refractivity contribution in [3.63, 3.8) is 0 Å². The van der Waals surface area contributed by atoms with Crippen LogP contribution in [-0.2, 0) is 0 Å². The maximum Gasteiger partial charge on any atom is 0.0324 e. The monoisotopic (exact) mass is 316 g/mol. The first-order valence-electron chi connectivity index (χ1n) is 5.49. The molecule has 1 atom stereocenters. The fraction of sp³-hybridized carbons (Fsp3) is 0.500. The van der Waals surface area contributed by atoms with Crippen molar-refractivity contribution < 1.29 is 0 Å². The van der Waals surface area contributed by atoms with Crippen molar-refractivity contribution in [2.45, 2.75) is 18.9 Å². The lowest BCUT2D eigenvalue weighted by atomic mass is 9.87. The summed E-state index contributed by atoms with van der Waals surface area (Å²) in [5.74, 6) is 0.643. The molecule has 1 fully saturated rings. The molecule has 3 N–H and O–H groups in total. The molecule has 3 heteroatoms. The third kappa shape index (κ3) is 2.92. The van der Waals surface area contributed by atoms with E-state index >= 15 is 0 Å². The van der Waals surface area contributed by atoms with Crippen LogP contribution in [0.25, 0.3) is 0 Å². The molecule has 1 heterocycles. The molecule has 82 valence electrons. The molecule has 0 aromatic heterocycles. The van der Waals surface area contributed by atoms with Crippen LogP contribution in [-0.4, -0.2) is 13.1 Å². The Bertz CT molecular complexity index is 321. The van der Waals surface area contributed by atoms with E-state index in [-0.39, 0.29) is 6.04 Å². The number of hydrogen-bond acceptors (Lipinski definition) is 2. The fourth-order valence-electron chi connectivity index (χ4n) is 2.19. The molecule has 2 nitrogen and oxygen atoms in total. The summed E-state index contributed by atoms with van der Waals surface area (Å²) < 4.78 is 1.27. The van der Waals surface area contributed by atoms with Gasteiger partial charge in [-0.25, -0.2) is 0 Å². The Morgan fingerprint density at radius 1 is 1.33 bits per heavy atom. The van der Waals surface area contributed by atoms with Gasteiger partial charge in [0, 0.05) is 9.61 Å². The van der Waals surface area contributed by atoms with Gasteiger partial charge in [0.05, 0.1) is 0 Å². The highest BCUT2D eigenvalue weighted by atomic mass is 127. The molecule has 2 rings (SSSR count). The minimum absolute atomic E-state index is 0.210. The maximum absolute atomic E-state index is 6.31. The summed E-state index contributed by atoms with van der Waals surface area (Å²) in [7, 11) is 0. The van der Waals surface area contributed by atoms with Crippen molar-refractivity contribution in [2.75, 3.05) is 13.1 Å². The van der Waals surface area contributed by atoms with E-state index in [1.165, 1.54) is 22.0 Å². The third-order valence-corrected chi connectivity index (χ3v) is 3.80. The Morgan fingerprint density at radius 2 is 2.07 bits per heavy atom. The summed E-state index contributed by atoms with van der Waals surface area (Å²) in [6.45, 7) is 2.23. The number of benzene rings is 1. The van der Waals surface area contributed by atoms with Crippen molar-refractivity contribution in [3.8, 4) is 0 Å². The first-order chi connectivity index (χ1) is 7.27. The molecule has 15 heavy (non-hydrogen) atoms. The number of nitrogens with two attached hydrogens (primary N) is 1. The Morgan fingerprint density at radius 3 is 2.73 bits per heavy atom. The number of halogens is 1. The fourth-order valence-corrected chi connectivity index (χ4v) is 2.76. The Labute approximate surface area is 105 Å². The normalized spacial score (nSPS) is 20.1. The second-order valence-electron chi connectivity index (χ2n) is 4.17. The van der Waals surface area contributed by atoms with Crippen LogP contribution in [0.1, 0.15) is 24.4 Å². The number of nitrogens with one attached hydrogen (secondary N) is 1. The van der Waals surface area contributed by atoms with E-state index in [1.54, 1.807) is 0 Å². The van der Waals surface area contributed by atoms with Crippen LogP contribution in [0.2, 0.25) is 0 Å². The number of piperidine rings is 1. The van der Waals surface area contributed by atoms with Crippen molar-refractivity contribution in [2.24, 2.45) is 11.7 Å². The van der Waals surface area contributed by atoms with Gasteiger partial charge >= 0.3 is 0 Å². The van der Waals surface area contributed by atoms with Crippen LogP contribution >= 0.6 is 22.6 Å². The van der Waals surface area contributed by atoms with Crippen molar-refractivity contribution in [1.29, 1.82) is 0 Å². The second kappa shape index (κ2) is 5.27. The summed E-state index contributed by atoms with van der Waals surface area (Å²) in [5.41, 5.74) is 7.59. The Balaban J connectivity index is 2.08. The lowest BCUT2D eigenvalue weighted by molar-refractivity contribution is 0.322. The zero-order valence-electron chi connectivity index (χ0n) is 8.75. The number of rotatable bonds is 2. The molecule has 1 saturated heterocycles. The maximum atomic E-state index is 6.31. The smallest absolute Gasteiger partial charge is 0.0324 e. The van der Waals surface area contributed by atoms with Crippen LogP contribution in [0.5, 0.6) is 0 Å². The average molecular weight is 316 g/mol. The lowest BCUT2D eigenvalue weighted by Crippen LogP contribution is -2.33. The van der Waals surface area contributed by atoms with E-state index in [1.807, 2.05) is 0 Å². The highest BCUT2D eigenvalue weighted by Crippen LogP contribution is 2.27. The molecule has 1 aliphatic rings. The first-order valence-corrected chi connectivity index (χ1v) is 6.57. The van der Waals surface area contributed by atoms with Gasteiger partial charge < -0.3 is 11.1 Å². The van der Waals surface area contributed by atoms with Crippen molar-refractivity contribution in [1.82, 2.24) is 5.32 Å². The van der Waals surface area contributed by atoms with Gasteiger partial charge in [0.15, 0.2) is 0 Å². The summed E-state index contributed by atoms with van der Waals surface area (Å²) in [5, 5.41) is 3.38. The van der Waals surface area contributed by atoms with E-state index in [9.17, 15) is 0 Å². The molecule has 0 radical (unpaired) electrons. The van der Waals surface area contributed by atoms with Crippen molar-refractivity contribution >= 4 is 22.6 Å². The van der Waals surface area contributed by atoms with Crippen LogP contribution < -0.4 is 11.1 Å². The predicted octanol–water partition coefficient (Wildman–Crippen LogP) is 2.29. The highest BCUT2D eigenvalue weighted by Gasteiger charge is 2.21. The van der Waals surface area contributed by atoms with E-state index in [2.05, 4.69) is 52.2 Å². The van der Waals surface area contributed by atoms with Gasteiger partial charge in [0.2, 0.25) is 0 Å². The molecule has 0 saturated carbocycles. The van der Waals surface area contributed by atoms with Gasteiger partial charge in [-0.2, -0.15) is 0 Å². The van der Waals surface area contributed by atoms with E-state index < -0.39 is 0 Å². The van der Waals surface area contributed by atoms with E-state index in [4.69, 9.17) is 5.73 Å². The molecule has 1 aliphatic heterocycles. The van der Waals surface area contributed by atoms with Gasteiger partial charge in [0.1, 0.15) is 0 Å². The standard InChI is InChI=1S/C12H17IN2/c13-11-3-1-2-10(8-11)12(14)9-4-6-15-7-5-9/h1-3,8-9,12,15H,4-7,14H2/t12-/m1/s1. The van der Waals surface area contributed by atoms with E-state index in [0.29, 0.717) is 5.92 Å². The van der Waals surface area contributed by atoms with Crippen molar-refractivity contribution in [3.05, 3.63) is 33.4 Å². The first kappa shape index (κ1) is 11.4. The Hall–Kier alpha value is -0.130. The molecule has 0 bridgehead atoms. The van der Waals surface area contributed by atoms with Gasteiger partial charge in [0.25, 0.3) is 0 Å². The van der Waals surface area contributed by atoms with Gasteiger partial charge in [-0.15, -0.1) is 0 Å². The van der Waals surface area contributed by atoms with Gasteiger partial charge in [-0.1, -0.05) is 12.1 Å². The predicted molar refractivity (Wildman–Crippen MR) is 71.7 cm³/mol. The van der Waals surface area contributed by atoms with Gasteiger partial charge in [-0.3, -0.25) is 0 Å². The average Bonchev–Trinajstić information content (AvgIpc) is 2.29. The minimum atomic E-state index is 0.210. The van der Waals surface area contributed by atoms with Crippen LogP contribution in [0.4, 0.5) is 0 Å². The SMILES string of the molecule is N[C@@H](c1cccc(I)c1)C1CCNCC1. The topological polar surface area (TPSA) is 38.0 Å². The highest BCUT2D eigenvalue weighted by molar-refractivity contribution is 14.1. The third-order valence-electron chi connectivity index (χ3n) is 3.13. The van der Waals surface area contributed by atoms with Crippen LogP contribution in [0.15, 0.2) is 24.3 Å². The molecular weight excluding hydrogens is 299 g/mol. The quantitative estimate of drug-likeness (QED) is 0.822. The molecule has 0 aliphatic carbocycles. The number of hydrogen-bond donors (Lipinski definition) is 2. The summed E-state index contributed by atoms with van der Waals surface area (Å²) in [4.78, 5) is 0. The lowest BCUT2D eigenvalue weighted by Gasteiger charge is -2.28. The van der Waals surface area contributed by atoms with Gasteiger partial charge in [-0.05, 0) is 72.1 Å². The summed E-state index contributed by atoms with van der Waals surface area (Å²) >= 11 is 2.34. The summed E-state index contributed by atoms with van der Waals surface area (Å²) in [6.07, 6.45) is 2.40. The molecule has 0 amide bonds. The molecule has 1 aromatic rings. The Kier molecular flexibility index (Phi) is 3.99. The zero-order chi connectivity index (χ0) is 10.7. The molecule has 0 unspecified atom stereocenters. The largest absolute Gasteiger partial charge is 0.324 e. The molecule has 1 aromatic carbocycles. The molecule has 0 spiro atoms. The van der Waals surface area contributed by atoms with E-state index in [0.717, 1.165) is 13.1 Å². The minimum Gasteiger partial charge on any atom is -0.324 e. The molecular formula is C12H17IN2. The zero-order valence-corrected chi connectivity index (χ0v) is 10.9. The van der Waals surface area contributed by atoms with Crippen LogP contribution in [0, 0.1) is 9.49 Å². The van der Waals surface area contributed by atoms with Crippen LogP contribution in [0.3, 0.4) is 0 Å². The second-order valence-corrected chi connectivity index (χ2v) is 5.41. The summed E-state index contributed by atoms with van der Waals surface area (Å²) in [6, 6.07) is 8.76.